The monoisotopic (exact) mass is 234 g/mol. The topological polar surface area (TPSA) is 24.5 Å². The number of hydrogen-bond acceptors (Lipinski definition) is 3. The molecular weight excluding hydrogens is 212 g/mol. The number of ether oxygens (including phenoxy) is 1. The van der Waals surface area contributed by atoms with E-state index in [1.165, 1.54) is 11.3 Å². The average molecular weight is 234 g/mol. The first-order valence-electron chi connectivity index (χ1n) is 6.19. The molecule has 1 aromatic rings. The zero-order valence-corrected chi connectivity index (χ0v) is 11.0. The largest absolute Gasteiger partial charge is 0.380 e. The minimum absolute atomic E-state index is 0.198. The van der Waals surface area contributed by atoms with Gasteiger partial charge < -0.3 is 15.0 Å². The lowest BCUT2D eigenvalue weighted by molar-refractivity contribution is 0.185. The number of rotatable bonds is 3. The van der Waals surface area contributed by atoms with Crippen molar-refractivity contribution in [1.29, 1.82) is 0 Å². The maximum Gasteiger partial charge on any atom is 0.0713 e. The van der Waals surface area contributed by atoms with Crippen LogP contribution >= 0.6 is 0 Å². The van der Waals surface area contributed by atoms with Crippen molar-refractivity contribution in [2.24, 2.45) is 0 Å². The molecule has 0 unspecified atom stereocenters. The first-order valence-corrected chi connectivity index (χ1v) is 6.19. The standard InChI is InChI=1S/C14H22N2O/c1-14(2)11-16(9-8-15-14)13-6-4-12(5-7-13)10-17-3/h4-7,15H,8-11H2,1-3H3. The third-order valence-electron chi connectivity index (χ3n) is 3.18. The second kappa shape index (κ2) is 5.07. The fourth-order valence-electron chi connectivity index (χ4n) is 2.33. The smallest absolute Gasteiger partial charge is 0.0713 e. The predicted molar refractivity (Wildman–Crippen MR) is 71.4 cm³/mol. The molecule has 1 heterocycles. The number of anilines is 1. The highest BCUT2D eigenvalue weighted by atomic mass is 16.5. The van der Waals surface area contributed by atoms with Crippen molar-refractivity contribution in [2.45, 2.75) is 26.0 Å². The summed E-state index contributed by atoms with van der Waals surface area (Å²) in [6.45, 7) is 8.36. The molecule has 0 bridgehead atoms. The molecule has 1 aliphatic rings. The van der Waals surface area contributed by atoms with Crippen LogP contribution in [0.25, 0.3) is 0 Å². The maximum atomic E-state index is 5.12. The van der Waals surface area contributed by atoms with Crippen molar-refractivity contribution in [3.8, 4) is 0 Å². The quantitative estimate of drug-likeness (QED) is 0.866. The molecule has 0 radical (unpaired) electrons. The molecule has 17 heavy (non-hydrogen) atoms. The second-order valence-corrected chi connectivity index (χ2v) is 5.33. The Morgan fingerprint density at radius 1 is 1.29 bits per heavy atom. The number of nitrogens with zero attached hydrogens (tertiary/aromatic N) is 1. The van der Waals surface area contributed by atoms with Crippen LogP contribution in [-0.4, -0.2) is 32.3 Å². The molecule has 2 rings (SSSR count). The lowest BCUT2D eigenvalue weighted by atomic mass is 10.0. The van der Waals surface area contributed by atoms with Crippen LogP contribution in [0, 0.1) is 0 Å². The summed E-state index contributed by atoms with van der Waals surface area (Å²) in [6.07, 6.45) is 0. The lowest BCUT2D eigenvalue weighted by Gasteiger charge is -2.40. The zero-order valence-electron chi connectivity index (χ0n) is 11.0. The lowest BCUT2D eigenvalue weighted by Crippen LogP contribution is -2.57. The van der Waals surface area contributed by atoms with Gasteiger partial charge in [0.05, 0.1) is 6.61 Å². The number of piperazine rings is 1. The van der Waals surface area contributed by atoms with Gasteiger partial charge in [0.25, 0.3) is 0 Å². The van der Waals surface area contributed by atoms with Crippen LogP contribution in [0.4, 0.5) is 5.69 Å². The van der Waals surface area contributed by atoms with Gasteiger partial charge >= 0.3 is 0 Å². The fraction of sp³-hybridized carbons (Fsp3) is 0.571. The molecule has 1 aliphatic heterocycles. The van der Waals surface area contributed by atoms with E-state index in [0.717, 1.165) is 19.6 Å². The van der Waals surface area contributed by atoms with Crippen LogP contribution in [0.5, 0.6) is 0 Å². The summed E-state index contributed by atoms with van der Waals surface area (Å²) in [5.74, 6) is 0. The van der Waals surface area contributed by atoms with Gasteiger partial charge in [0.15, 0.2) is 0 Å². The van der Waals surface area contributed by atoms with Crippen molar-refractivity contribution in [1.82, 2.24) is 5.32 Å². The SMILES string of the molecule is COCc1ccc(N2CCNC(C)(C)C2)cc1. The van der Waals surface area contributed by atoms with E-state index in [1.54, 1.807) is 7.11 Å². The molecule has 1 fully saturated rings. The molecule has 1 aromatic carbocycles. The average Bonchev–Trinajstić information content (AvgIpc) is 2.29. The normalized spacial score (nSPS) is 19.4. The van der Waals surface area contributed by atoms with E-state index in [0.29, 0.717) is 6.61 Å². The van der Waals surface area contributed by atoms with E-state index in [-0.39, 0.29) is 5.54 Å². The summed E-state index contributed by atoms with van der Waals surface area (Å²) in [7, 11) is 1.73. The van der Waals surface area contributed by atoms with Crippen molar-refractivity contribution < 1.29 is 4.74 Å². The van der Waals surface area contributed by atoms with Crippen molar-refractivity contribution in [3.63, 3.8) is 0 Å². The highest BCUT2D eigenvalue weighted by molar-refractivity contribution is 5.48. The summed E-state index contributed by atoms with van der Waals surface area (Å²) in [5.41, 5.74) is 2.73. The number of hydrogen-bond donors (Lipinski definition) is 1. The first kappa shape index (κ1) is 12.4. The molecular formula is C14H22N2O. The minimum Gasteiger partial charge on any atom is -0.380 e. The van der Waals surface area contributed by atoms with Gasteiger partial charge in [0, 0.05) is 38.0 Å². The Morgan fingerprint density at radius 2 is 2.00 bits per heavy atom. The highest BCUT2D eigenvalue weighted by Gasteiger charge is 2.25. The third-order valence-corrected chi connectivity index (χ3v) is 3.18. The zero-order chi connectivity index (χ0) is 12.3. The van der Waals surface area contributed by atoms with Crippen LogP contribution in [0.1, 0.15) is 19.4 Å². The Bertz CT molecular complexity index is 359. The Balaban J connectivity index is 2.06. The molecule has 1 saturated heterocycles. The maximum absolute atomic E-state index is 5.12. The molecule has 3 nitrogen and oxygen atoms in total. The number of nitrogens with one attached hydrogen (secondary N) is 1. The van der Waals surface area contributed by atoms with E-state index in [2.05, 4.69) is 48.3 Å². The van der Waals surface area contributed by atoms with Crippen LogP contribution in [0.3, 0.4) is 0 Å². The molecule has 0 saturated carbocycles. The van der Waals surface area contributed by atoms with Gasteiger partial charge in [-0.25, -0.2) is 0 Å². The van der Waals surface area contributed by atoms with Crippen LogP contribution in [0.2, 0.25) is 0 Å². The molecule has 0 aliphatic carbocycles. The van der Waals surface area contributed by atoms with Gasteiger partial charge in [-0.1, -0.05) is 12.1 Å². The van der Waals surface area contributed by atoms with Crippen LogP contribution in [0.15, 0.2) is 24.3 Å². The summed E-state index contributed by atoms with van der Waals surface area (Å²) in [5, 5.41) is 3.53. The molecule has 94 valence electrons. The molecule has 0 aromatic heterocycles. The Kier molecular flexibility index (Phi) is 3.69. The van der Waals surface area contributed by atoms with Gasteiger partial charge in [-0.2, -0.15) is 0 Å². The second-order valence-electron chi connectivity index (χ2n) is 5.33. The van der Waals surface area contributed by atoms with E-state index in [1.807, 2.05) is 0 Å². The molecule has 1 N–H and O–H groups in total. The first-order chi connectivity index (χ1) is 8.11. The van der Waals surface area contributed by atoms with E-state index in [9.17, 15) is 0 Å². The number of benzene rings is 1. The Morgan fingerprint density at radius 3 is 2.59 bits per heavy atom. The third kappa shape index (κ3) is 3.20. The van der Waals surface area contributed by atoms with E-state index >= 15 is 0 Å². The number of methoxy groups -OCH3 is 1. The molecule has 0 atom stereocenters. The van der Waals surface area contributed by atoms with Gasteiger partial charge in [-0.05, 0) is 31.5 Å². The van der Waals surface area contributed by atoms with Gasteiger partial charge in [0.2, 0.25) is 0 Å². The fourth-order valence-corrected chi connectivity index (χ4v) is 2.33. The summed E-state index contributed by atoms with van der Waals surface area (Å²) < 4.78 is 5.12. The Hall–Kier alpha value is -1.06. The van der Waals surface area contributed by atoms with Gasteiger partial charge in [-0.15, -0.1) is 0 Å². The van der Waals surface area contributed by atoms with Crippen molar-refractivity contribution >= 4 is 5.69 Å². The summed E-state index contributed by atoms with van der Waals surface area (Å²) in [4.78, 5) is 2.44. The summed E-state index contributed by atoms with van der Waals surface area (Å²) >= 11 is 0. The van der Waals surface area contributed by atoms with E-state index in [4.69, 9.17) is 4.74 Å². The molecule has 0 amide bonds. The van der Waals surface area contributed by atoms with Gasteiger partial charge in [0.1, 0.15) is 0 Å². The van der Waals surface area contributed by atoms with Gasteiger partial charge in [-0.3, -0.25) is 0 Å². The predicted octanol–water partition coefficient (Wildman–Crippen LogP) is 2.02. The minimum atomic E-state index is 0.198. The van der Waals surface area contributed by atoms with Crippen LogP contribution < -0.4 is 10.2 Å². The molecule has 0 spiro atoms. The summed E-state index contributed by atoms with van der Waals surface area (Å²) in [6, 6.07) is 8.67. The van der Waals surface area contributed by atoms with Crippen LogP contribution in [-0.2, 0) is 11.3 Å². The highest BCUT2D eigenvalue weighted by Crippen LogP contribution is 2.20. The molecule has 3 heteroatoms. The van der Waals surface area contributed by atoms with Crippen molar-refractivity contribution in [3.05, 3.63) is 29.8 Å². The Labute approximate surface area is 104 Å². The van der Waals surface area contributed by atoms with E-state index < -0.39 is 0 Å². The van der Waals surface area contributed by atoms with Crippen molar-refractivity contribution in [2.75, 3.05) is 31.6 Å².